The Morgan fingerprint density at radius 1 is 1.38 bits per heavy atom. The second kappa shape index (κ2) is 9.13. The highest BCUT2D eigenvalue weighted by atomic mass is 16.5. The van der Waals surface area contributed by atoms with Gasteiger partial charge in [0.2, 0.25) is 5.91 Å². The number of carboxylic acids is 1. The van der Waals surface area contributed by atoms with Gasteiger partial charge < -0.3 is 15.2 Å². The van der Waals surface area contributed by atoms with Crippen molar-refractivity contribution in [2.24, 2.45) is 5.92 Å². The van der Waals surface area contributed by atoms with Gasteiger partial charge in [-0.15, -0.1) is 0 Å². The summed E-state index contributed by atoms with van der Waals surface area (Å²) in [5, 5.41) is 11.9. The molecule has 21 heavy (non-hydrogen) atoms. The van der Waals surface area contributed by atoms with Crippen molar-refractivity contribution in [3.63, 3.8) is 0 Å². The minimum absolute atomic E-state index is 0.133. The SMILES string of the molecule is CCOCCC(=O)NCC(Cc1cccc(C)c1)C(=O)O. The van der Waals surface area contributed by atoms with E-state index in [4.69, 9.17) is 4.74 Å². The van der Waals surface area contributed by atoms with E-state index in [1.807, 2.05) is 38.1 Å². The highest BCUT2D eigenvalue weighted by Crippen LogP contribution is 2.11. The molecule has 0 heterocycles. The maximum Gasteiger partial charge on any atom is 0.308 e. The van der Waals surface area contributed by atoms with Gasteiger partial charge in [-0.3, -0.25) is 9.59 Å². The monoisotopic (exact) mass is 293 g/mol. The fourth-order valence-electron chi connectivity index (χ4n) is 2.01. The Bertz CT molecular complexity index is 473. The molecule has 5 heteroatoms. The second-order valence-electron chi connectivity index (χ2n) is 4.98. The lowest BCUT2D eigenvalue weighted by Crippen LogP contribution is -2.34. The molecule has 0 radical (unpaired) electrons. The molecule has 116 valence electrons. The van der Waals surface area contributed by atoms with Crippen LogP contribution in [-0.2, 0) is 20.7 Å². The molecule has 1 atom stereocenters. The number of nitrogens with one attached hydrogen (secondary N) is 1. The van der Waals surface area contributed by atoms with Gasteiger partial charge in [0, 0.05) is 19.6 Å². The van der Waals surface area contributed by atoms with Gasteiger partial charge in [-0.25, -0.2) is 0 Å². The number of rotatable bonds is 9. The smallest absolute Gasteiger partial charge is 0.308 e. The van der Waals surface area contributed by atoms with Crippen LogP contribution >= 0.6 is 0 Å². The Morgan fingerprint density at radius 2 is 2.14 bits per heavy atom. The molecule has 0 fully saturated rings. The van der Waals surface area contributed by atoms with E-state index in [1.54, 1.807) is 0 Å². The summed E-state index contributed by atoms with van der Waals surface area (Å²) in [5.74, 6) is -1.71. The Hall–Kier alpha value is -1.88. The number of aryl methyl sites for hydroxylation is 1. The highest BCUT2D eigenvalue weighted by Gasteiger charge is 2.19. The molecule has 1 aromatic carbocycles. The lowest BCUT2D eigenvalue weighted by Gasteiger charge is -2.14. The van der Waals surface area contributed by atoms with Crippen molar-refractivity contribution in [2.75, 3.05) is 19.8 Å². The molecule has 0 saturated carbocycles. The van der Waals surface area contributed by atoms with Gasteiger partial charge in [0.1, 0.15) is 0 Å². The Labute approximate surface area is 125 Å². The number of carboxylic acid groups (broad SMARTS) is 1. The third kappa shape index (κ3) is 6.90. The molecule has 2 N–H and O–H groups in total. The normalized spacial score (nSPS) is 11.9. The molecule has 0 aliphatic rings. The molecule has 0 aliphatic heterocycles. The third-order valence-corrected chi connectivity index (χ3v) is 3.14. The van der Waals surface area contributed by atoms with E-state index >= 15 is 0 Å². The van der Waals surface area contributed by atoms with Crippen LogP contribution in [0.5, 0.6) is 0 Å². The van der Waals surface area contributed by atoms with Crippen molar-refractivity contribution in [3.05, 3.63) is 35.4 Å². The summed E-state index contributed by atoms with van der Waals surface area (Å²) in [4.78, 5) is 22.9. The van der Waals surface area contributed by atoms with E-state index in [9.17, 15) is 14.7 Å². The van der Waals surface area contributed by atoms with E-state index in [0.717, 1.165) is 11.1 Å². The standard InChI is InChI=1S/C16H23NO4/c1-3-21-8-7-15(18)17-11-14(16(19)20)10-13-6-4-5-12(2)9-13/h4-6,9,14H,3,7-8,10-11H2,1-2H3,(H,17,18)(H,19,20). The van der Waals surface area contributed by atoms with Crippen molar-refractivity contribution in [2.45, 2.75) is 26.7 Å². The van der Waals surface area contributed by atoms with Gasteiger partial charge in [-0.2, -0.15) is 0 Å². The predicted molar refractivity (Wildman–Crippen MR) is 80.1 cm³/mol. The Morgan fingerprint density at radius 3 is 2.76 bits per heavy atom. The molecule has 1 aromatic rings. The highest BCUT2D eigenvalue weighted by molar-refractivity contribution is 5.77. The zero-order valence-corrected chi connectivity index (χ0v) is 12.6. The van der Waals surface area contributed by atoms with Crippen LogP contribution in [0.15, 0.2) is 24.3 Å². The van der Waals surface area contributed by atoms with Gasteiger partial charge >= 0.3 is 5.97 Å². The van der Waals surface area contributed by atoms with Gasteiger partial charge in [-0.05, 0) is 25.8 Å². The first-order chi connectivity index (χ1) is 10.0. The van der Waals surface area contributed by atoms with Crippen molar-refractivity contribution < 1.29 is 19.4 Å². The first-order valence-corrected chi connectivity index (χ1v) is 7.15. The Balaban J connectivity index is 2.47. The zero-order chi connectivity index (χ0) is 15.7. The molecule has 1 amide bonds. The summed E-state index contributed by atoms with van der Waals surface area (Å²) in [6.07, 6.45) is 0.660. The molecule has 0 saturated heterocycles. The summed E-state index contributed by atoms with van der Waals surface area (Å²) in [6, 6.07) is 7.74. The summed E-state index contributed by atoms with van der Waals surface area (Å²) in [6.45, 7) is 4.89. The molecule has 0 aliphatic carbocycles. The maximum absolute atomic E-state index is 11.6. The Kier molecular flexibility index (Phi) is 7.46. The van der Waals surface area contributed by atoms with E-state index in [-0.39, 0.29) is 18.9 Å². The number of ether oxygens (including phenoxy) is 1. The molecular formula is C16H23NO4. The number of hydrogen-bond acceptors (Lipinski definition) is 3. The number of carbonyl (C=O) groups is 2. The average molecular weight is 293 g/mol. The number of hydrogen-bond donors (Lipinski definition) is 2. The number of aliphatic carboxylic acids is 1. The van der Waals surface area contributed by atoms with Crippen LogP contribution in [0.4, 0.5) is 0 Å². The second-order valence-corrected chi connectivity index (χ2v) is 4.98. The van der Waals surface area contributed by atoms with Gasteiger partial charge in [-0.1, -0.05) is 29.8 Å². The number of benzene rings is 1. The predicted octanol–water partition coefficient (Wildman–Crippen LogP) is 1.78. The van der Waals surface area contributed by atoms with Gasteiger partial charge in [0.05, 0.1) is 12.5 Å². The lowest BCUT2D eigenvalue weighted by atomic mass is 9.98. The number of carbonyl (C=O) groups excluding carboxylic acids is 1. The first-order valence-electron chi connectivity index (χ1n) is 7.15. The summed E-state index contributed by atoms with van der Waals surface area (Å²) < 4.78 is 5.09. The van der Waals surface area contributed by atoms with Crippen molar-refractivity contribution in [1.29, 1.82) is 0 Å². The topological polar surface area (TPSA) is 75.6 Å². The third-order valence-electron chi connectivity index (χ3n) is 3.14. The van der Waals surface area contributed by atoms with Crippen molar-refractivity contribution >= 4 is 11.9 Å². The van der Waals surface area contributed by atoms with Crippen LogP contribution in [0.3, 0.4) is 0 Å². The van der Waals surface area contributed by atoms with Crippen molar-refractivity contribution in [1.82, 2.24) is 5.32 Å². The van der Waals surface area contributed by atoms with Crippen LogP contribution < -0.4 is 5.32 Å². The zero-order valence-electron chi connectivity index (χ0n) is 12.6. The minimum Gasteiger partial charge on any atom is -0.481 e. The molecular weight excluding hydrogens is 270 g/mol. The van der Waals surface area contributed by atoms with Crippen LogP contribution in [0.2, 0.25) is 0 Å². The fourth-order valence-corrected chi connectivity index (χ4v) is 2.01. The maximum atomic E-state index is 11.6. The molecule has 0 aromatic heterocycles. The minimum atomic E-state index is -0.901. The van der Waals surface area contributed by atoms with E-state index in [0.29, 0.717) is 19.6 Å². The van der Waals surface area contributed by atoms with E-state index in [2.05, 4.69) is 5.32 Å². The van der Waals surface area contributed by atoms with Gasteiger partial charge in [0.15, 0.2) is 0 Å². The van der Waals surface area contributed by atoms with Crippen LogP contribution in [0, 0.1) is 12.8 Å². The van der Waals surface area contributed by atoms with Crippen LogP contribution in [0.25, 0.3) is 0 Å². The van der Waals surface area contributed by atoms with E-state index in [1.165, 1.54) is 0 Å². The average Bonchev–Trinajstić information content (AvgIpc) is 2.43. The quantitative estimate of drug-likeness (QED) is 0.681. The summed E-state index contributed by atoms with van der Waals surface area (Å²) >= 11 is 0. The van der Waals surface area contributed by atoms with Gasteiger partial charge in [0.25, 0.3) is 0 Å². The van der Waals surface area contributed by atoms with Crippen LogP contribution in [0.1, 0.15) is 24.5 Å². The molecule has 1 unspecified atom stereocenters. The van der Waals surface area contributed by atoms with E-state index < -0.39 is 11.9 Å². The van der Waals surface area contributed by atoms with Crippen molar-refractivity contribution in [3.8, 4) is 0 Å². The largest absolute Gasteiger partial charge is 0.481 e. The molecule has 1 rings (SSSR count). The molecule has 5 nitrogen and oxygen atoms in total. The first kappa shape index (κ1) is 17.2. The fraction of sp³-hybridized carbons (Fsp3) is 0.500. The lowest BCUT2D eigenvalue weighted by molar-refractivity contribution is -0.141. The summed E-state index contributed by atoms with van der Waals surface area (Å²) in [7, 11) is 0. The molecule has 0 bridgehead atoms. The number of amides is 1. The van der Waals surface area contributed by atoms with Crippen LogP contribution in [-0.4, -0.2) is 36.7 Å². The molecule has 0 spiro atoms. The summed E-state index contributed by atoms with van der Waals surface area (Å²) in [5.41, 5.74) is 2.06.